The second-order valence-electron chi connectivity index (χ2n) is 4.29. The van der Waals surface area contributed by atoms with Gasteiger partial charge >= 0.3 is 0 Å². The summed E-state index contributed by atoms with van der Waals surface area (Å²) >= 11 is 0. The molecule has 0 spiro atoms. The maximum Gasteiger partial charge on any atom is 0.222 e. The second-order valence-corrected chi connectivity index (χ2v) is 4.29. The number of hydrogen-bond acceptors (Lipinski definition) is 5. The smallest absolute Gasteiger partial charge is 0.222 e. The predicted molar refractivity (Wildman–Crippen MR) is 75.9 cm³/mol. The molecule has 0 radical (unpaired) electrons. The Morgan fingerprint density at radius 1 is 1.15 bits per heavy atom. The maximum atomic E-state index is 11.8. The largest absolute Gasteiger partial charge is 0.354 e. The third-order valence-corrected chi connectivity index (χ3v) is 2.71. The van der Waals surface area contributed by atoms with Gasteiger partial charge in [0, 0.05) is 31.6 Å². The van der Waals surface area contributed by atoms with E-state index in [9.17, 15) is 4.79 Å². The van der Waals surface area contributed by atoms with Crippen LogP contribution in [0.2, 0.25) is 0 Å². The van der Waals surface area contributed by atoms with Crippen LogP contribution in [0.5, 0.6) is 0 Å². The number of carbonyl (C=O) groups is 1. The Kier molecular flexibility index (Phi) is 5.00. The molecule has 20 heavy (non-hydrogen) atoms. The third-order valence-electron chi connectivity index (χ3n) is 2.71. The third kappa shape index (κ3) is 4.31. The van der Waals surface area contributed by atoms with Crippen LogP contribution in [-0.2, 0) is 4.79 Å². The van der Waals surface area contributed by atoms with Crippen LogP contribution in [0.4, 0.5) is 5.95 Å². The molecular weight excluding hydrogens is 254 g/mol. The molecule has 0 aliphatic carbocycles. The zero-order chi connectivity index (χ0) is 14.2. The van der Waals surface area contributed by atoms with Crippen molar-refractivity contribution in [2.75, 3.05) is 11.9 Å². The summed E-state index contributed by atoms with van der Waals surface area (Å²) in [7, 11) is 0. The van der Waals surface area contributed by atoms with Crippen LogP contribution in [0.3, 0.4) is 0 Å². The minimum atomic E-state index is -0.100. The standard InChI is InChI=1S/C14H17N5O/c1-11(12-5-2-3-7-15-12)19-13(20)6-10-18-14-16-8-4-9-17-14/h2-5,7-9,11H,6,10H2,1H3,(H,19,20)(H,16,17,18)/t11-/m1/s1. The minimum absolute atomic E-state index is 0.0356. The lowest BCUT2D eigenvalue weighted by molar-refractivity contribution is -0.121. The first-order valence-electron chi connectivity index (χ1n) is 6.47. The van der Waals surface area contributed by atoms with Gasteiger partial charge in [0.15, 0.2) is 0 Å². The number of anilines is 1. The van der Waals surface area contributed by atoms with Crippen molar-refractivity contribution in [2.45, 2.75) is 19.4 Å². The number of nitrogens with zero attached hydrogens (tertiary/aromatic N) is 3. The van der Waals surface area contributed by atoms with Crippen LogP contribution in [-0.4, -0.2) is 27.4 Å². The quantitative estimate of drug-likeness (QED) is 0.833. The lowest BCUT2D eigenvalue weighted by atomic mass is 10.2. The lowest BCUT2D eigenvalue weighted by Crippen LogP contribution is -2.28. The van der Waals surface area contributed by atoms with Gasteiger partial charge in [0.2, 0.25) is 11.9 Å². The molecule has 0 saturated carbocycles. The van der Waals surface area contributed by atoms with Gasteiger partial charge < -0.3 is 10.6 Å². The average Bonchev–Trinajstić information content (AvgIpc) is 2.49. The first kappa shape index (κ1) is 13.9. The number of carbonyl (C=O) groups excluding carboxylic acids is 1. The molecule has 0 fully saturated rings. The van der Waals surface area contributed by atoms with Crippen molar-refractivity contribution in [3.63, 3.8) is 0 Å². The van der Waals surface area contributed by atoms with E-state index in [0.29, 0.717) is 18.9 Å². The first-order valence-corrected chi connectivity index (χ1v) is 6.47. The number of rotatable bonds is 6. The molecule has 2 heterocycles. The van der Waals surface area contributed by atoms with Gasteiger partial charge in [-0.1, -0.05) is 6.07 Å². The molecule has 2 aromatic heterocycles. The lowest BCUT2D eigenvalue weighted by Gasteiger charge is -2.13. The van der Waals surface area contributed by atoms with E-state index in [-0.39, 0.29) is 11.9 Å². The zero-order valence-electron chi connectivity index (χ0n) is 11.3. The number of aromatic nitrogens is 3. The molecule has 6 nitrogen and oxygen atoms in total. The predicted octanol–water partition coefficient (Wildman–Crippen LogP) is 1.55. The highest BCUT2D eigenvalue weighted by atomic mass is 16.1. The van der Waals surface area contributed by atoms with Crippen molar-refractivity contribution in [2.24, 2.45) is 0 Å². The minimum Gasteiger partial charge on any atom is -0.354 e. The summed E-state index contributed by atoms with van der Waals surface area (Å²) in [6.07, 6.45) is 5.37. The van der Waals surface area contributed by atoms with E-state index < -0.39 is 0 Å². The van der Waals surface area contributed by atoms with Crippen molar-refractivity contribution in [3.8, 4) is 0 Å². The fraction of sp³-hybridized carbons (Fsp3) is 0.286. The van der Waals surface area contributed by atoms with E-state index in [0.717, 1.165) is 5.69 Å². The average molecular weight is 271 g/mol. The van der Waals surface area contributed by atoms with Crippen molar-refractivity contribution < 1.29 is 4.79 Å². The Labute approximate surface area is 117 Å². The maximum absolute atomic E-state index is 11.8. The highest BCUT2D eigenvalue weighted by Gasteiger charge is 2.09. The van der Waals surface area contributed by atoms with Gasteiger partial charge in [0.25, 0.3) is 0 Å². The fourth-order valence-electron chi connectivity index (χ4n) is 1.70. The summed E-state index contributed by atoms with van der Waals surface area (Å²) in [6, 6.07) is 7.28. The summed E-state index contributed by atoms with van der Waals surface area (Å²) in [4.78, 5) is 24.0. The SMILES string of the molecule is C[C@@H](NC(=O)CCNc1ncccn1)c1ccccn1. The number of hydrogen-bond donors (Lipinski definition) is 2. The first-order chi connectivity index (χ1) is 9.75. The molecule has 2 rings (SSSR count). The Morgan fingerprint density at radius 2 is 1.90 bits per heavy atom. The molecule has 1 amide bonds. The van der Waals surface area contributed by atoms with Crippen molar-refractivity contribution in [1.29, 1.82) is 0 Å². The zero-order valence-corrected chi connectivity index (χ0v) is 11.3. The van der Waals surface area contributed by atoms with Crippen LogP contribution in [0.1, 0.15) is 25.1 Å². The molecule has 0 aliphatic rings. The van der Waals surface area contributed by atoms with E-state index in [1.165, 1.54) is 0 Å². The summed E-state index contributed by atoms with van der Waals surface area (Å²) in [5, 5.41) is 5.89. The molecule has 0 bridgehead atoms. The van der Waals surface area contributed by atoms with Gasteiger partial charge in [-0.05, 0) is 25.1 Å². The summed E-state index contributed by atoms with van der Waals surface area (Å²) in [5.74, 6) is 0.490. The topological polar surface area (TPSA) is 79.8 Å². The van der Waals surface area contributed by atoms with Crippen LogP contribution in [0, 0.1) is 0 Å². The molecule has 2 aromatic rings. The highest BCUT2D eigenvalue weighted by molar-refractivity contribution is 5.76. The van der Waals surface area contributed by atoms with Gasteiger partial charge in [0.05, 0.1) is 11.7 Å². The van der Waals surface area contributed by atoms with Gasteiger partial charge in [-0.25, -0.2) is 9.97 Å². The van der Waals surface area contributed by atoms with Crippen LogP contribution in [0.25, 0.3) is 0 Å². The summed E-state index contributed by atoms with van der Waals surface area (Å²) in [6.45, 7) is 2.40. The van der Waals surface area contributed by atoms with E-state index in [1.807, 2.05) is 25.1 Å². The molecular formula is C14H17N5O. The Hall–Kier alpha value is -2.50. The van der Waals surface area contributed by atoms with Crippen LogP contribution < -0.4 is 10.6 Å². The molecule has 1 atom stereocenters. The highest BCUT2D eigenvalue weighted by Crippen LogP contribution is 2.07. The normalized spacial score (nSPS) is 11.7. The van der Waals surface area contributed by atoms with Crippen molar-refractivity contribution in [1.82, 2.24) is 20.3 Å². The summed E-state index contributed by atoms with van der Waals surface area (Å²) < 4.78 is 0. The number of pyridine rings is 1. The Bertz CT molecular complexity index is 532. The van der Waals surface area contributed by atoms with E-state index in [4.69, 9.17) is 0 Å². The van der Waals surface area contributed by atoms with E-state index in [1.54, 1.807) is 24.7 Å². The molecule has 0 saturated heterocycles. The van der Waals surface area contributed by atoms with Gasteiger partial charge in [0.1, 0.15) is 0 Å². The van der Waals surface area contributed by atoms with Gasteiger partial charge in [-0.15, -0.1) is 0 Å². The molecule has 104 valence electrons. The van der Waals surface area contributed by atoms with E-state index >= 15 is 0 Å². The van der Waals surface area contributed by atoms with Gasteiger partial charge in [-0.2, -0.15) is 0 Å². The fourth-order valence-corrected chi connectivity index (χ4v) is 1.70. The molecule has 0 unspecified atom stereocenters. The Morgan fingerprint density at radius 3 is 2.60 bits per heavy atom. The Balaban J connectivity index is 1.73. The molecule has 0 aliphatic heterocycles. The second kappa shape index (κ2) is 7.18. The van der Waals surface area contributed by atoms with Crippen LogP contribution >= 0.6 is 0 Å². The monoisotopic (exact) mass is 271 g/mol. The molecule has 2 N–H and O–H groups in total. The van der Waals surface area contributed by atoms with Gasteiger partial charge in [-0.3, -0.25) is 9.78 Å². The summed E-state index contributed by atoms with van der Waals surface area (Å²) in [5.41, 5.74) is 0.847. The number of amides is 1. The molecule has 0 aromatic carbocycles. The van der Waals surface area contributed by atoms with Crippen LogP contribution in [0.15, 0.2) is 42.9 Å². The van der Waals surface area contributed by atoms with Crippen molar-refractivity contribution >= 4 is 11.9 Å². The van der Waals surface area contributed by atoms with Crippen molar-refractivity contribution in [3.05, 3.63) is 48.5 Å². The van der Waals surface area contributed by atoms with E-state index in [2.05, 4.69) is 25.6 Å². The molecule has 6 heteroatoms. The number of nitrogens with one attached hydrogen (secondary N) is 2.